The Balaban J connectivity index is 1.66. The minimum absolute atomic E-state index is 0.0267. The molecular weight excluding hydrogens is 516 g/mol. The summed E-state index contributed by atoms with van der Waals surface area (Å²) in [5.74, 6) is -1.77. The van der Waals surface area contributed by atoms with Crippen LogP contribution in [-0.2, 0) is 9.53 Å². The van der Waals surface area contributed by atoms with E-state index in [2.05, 4.69) is 14.7 Å². The van der Waals surface area contributed by atoms with Crippen molar-refractivity contribution in [3.05, 3.63) is 75.9 Å². The number of carbonyl (C=O) groups is 3. The molecule has 2 aromatic heterocycles. The maximum Gasteiger partial charge on any atom is 0.273 e. The number of hydrogen-bond donors (Lipinski definition) is 4. The van der Waals surface area contributed by atoms with Crippen molar-refractivity contribution in [2.45, 2.75) is 38.8 Å². The number of nitrogens with one attached hydrogen (secondary N) is 2. The maximum absolute atomic E-state index is 14.3. The second-order valence-electron chi connectivity index (χ2n) is 9.65. The van der Waals surface area contributed by atoms with Gasteiger partial charge in [-0.1, -0.05) is 24.3 Å². The molecule has 0 saturated carbocycles. The van der Waals surface area contributed by atoms with Gasteiger partial charge in [-0.2, -0.15) is 4.37 Å². The lowest BCUT2D eigenvalue weighted by Crippen LogP contribution is -2.45. The number of hydrogen-bond acceptors (Lipinski definition) is 7. The number of aromatic nitrogens is 2. The van der Waals surface area contributed by atoms with Crippen molar-refractivity contribution < 1.29 is 19.1 Å². The zero-order valence-corrected chi connectivity index (χ0v) is 22.5. The Hall–Kier alpha value is -4.22. The van der Waals surface area contributed by atoms with Crippen LogP contribution in [0.1, 0.15) is 55.7 Å². The van der Waals surface area contributed by atoms with E-state index in [-0.39, 0.29) is 28.3 Å². The van der Waals surface area contributed by atoms with Crippen molar-refractivity contribution in [3.8, 4) is 0 Å². The van der Waals surface area contributed by atoms with Crippen LogP contribution in [0.4, 0.5) is 11.4 Å². The molecule has 3 amide bonds. The number of H-pyrrole nitrogens is 1. The molecule has 6 N–H and O–H groups in total. The summed E-state index contributed by atoms with van der Waals surface area (Å²) in [7, 11) is 0. The first-order valence-electron chi connectivity index (χ1n) is 12.7. The number of benzene rings is 2. The molecule has 5 rings (SSSR count). The van der Waals surface area contributed by atoms with Crippen molar-refractivity contribution in [1.29, 1.82) is 0 Å². The SMILES string of the molecule is Cc1ccc(N(C(=O)c2snc(C(N)=O)c2N)[C@@H](C(=O)NC[C@@H]2CCCO2)c2c[nH]c3ccccc23)cc1C. The Labute approximate surface area is 229 Å². The van der Waals surface area contributed by atoms with Gasteiger partial charge in [0.1, 0.15) is 10.9 Å². The van der Waals surface area contributed by atoms with Crippen LogP contribution in [0, 0.1) is 13.8 Å². The van der Waals surface area contributed by atoms with Gasteiger partial charge in [-0.15, -0.1) is 0 Å². The van der Waals surface area contributed by atoms with Gasteiger partial charge >= 0.3 is 0 Å². The van der Waals surface area contributed by atoms with Crippen LogP contribution < -0.4 is 21.7 Å². The molecular formula is C28H30N6O4S. The summed E-state index contributed by atoms with van der Waals surface area (Å²) < 4.78 is 9.73. The van der Waals surface area contributed by atoms with Crippen LogP contribution >= 0.6 is 11.5 Å². The Morgan fingerprint density at radius 1 is 1.21 bits per heavy atom. The van der Waals surface area contributed by atoms with Gasteiger partial charge in [-0.25, -0.2) is 0 Å². The minimum Gasteiger partial charge on any atom is -0.395 e. The molecule has 202 valence electrons. The first kappa shape index (κ1) is 26.4. The zero-order chi connectivity index (χ0) is 27.7. The number of nitrogens with two attached hydrogens (primary N) is 2. The fraction of sp³-hybridized carbons (Fsp3) is 0.286. The number of para-hydroxylation sites is 1. The van der Waals surface area contributed by atoms with Gasteiger partial charge in [0.05, 0.1) is 11.8 Å². The van der Waals surface area contributed by atoms with Gasteiger partial charge in [0.25, 0.3) is 11.8 Å². The fourth-order valence-corrected chi connectivity index (χ4v) is 5.57. The van der Waals surface area contributed by atoms with Crippen LogP contribution in [0.15, 0.2) is 48.7 Å². The van der Waals surface area contributed by atoms with E-state index in [0.29, 0.717) is 24.4 Å². The van der Waals surface area contributed by atoms with E-state index < -0.39 is 17.9 Å². The number of primary amides is 1. The van der Waals surface area contributed by atoms with Crippen molar-refractivity contribution in [2.24, 2.45) is 5.73 Å². The molecule has 0 unspecified atom stereocenters. The van der Waals surface area contributed by atoms with E-state index in [1.54, 1.807) is 12.3 Å². The molecule has 1 aliphatic rings. The van der Waals surface area contributed by atoms with E-state index >= 15 is 0 Å². The number of nitrogens with zero attached hydrogens (tertiary/aromatic N) is 2. The Morgan fingerprint density at radius 3 is 2.69 bits per heavy atom. The van der Waals surface area contributed by atoms with E-state index in [4.69, 9.17) is 16.2 Å². The molecule has 10 nitrogen and oxygen atoms in total. The monoisotopic (exact) mass is 546 g/mol. The minimum atomic E-state index is -1.07. The summed E-state index contributed by atoms with van der Waals surface area (Å²) >= 11 is 0.780. The first-order valence-corrected chi connectivity index (χ1v) is 13.4. The van der Waals surface area contributed by atoms with Gasteiger partial charge in [-0.3, -0.25) is 19.3 Å². The second-order valence-corrected chi connectivity index (χ2v) is 10.4. The van der Waals surface area contributed by atoms with Gasteiger partial charge in [0, 0.05) is 41.5 Å². The Kier molecular flexibility index (Phi) is 7.36. The smallest absolute Gasteiger partial charge is 0.273 e. The van der Waals surface area contributed by atoms with Crippen LogP contribution in [0.25, 0.3) is 10.9 Å². The second kappa shape index (κ2) is 10.9. The predicted molar refractivity (Wildman–Crippen MR) is 151 cm³/mol. The summed E-state index contributed by atoms with van der Waals surface area (Å²) in [6, 6.07) is 12.0. The van der Waals surface area contributed by atoms with Crippen molar-refractivity contribution in [2.75, 3.05) is 23.8 Å². The molecule has 2 atom stereocenters. The maximum atomic E-state index is 14.3. The topological polar surface area (TPSA) is 156 Å². The highest BCUT2D eigenvalue weighted by Crippen LogP contribution is 2.36. The normalized spacial score (nSPS) is 15.8. The highest BCUT2D eigenvalue weighted by Gasteiger charge is 2.37. The molecule has 1 saturated heterocycles. The van der Waals surface area contributed by atoms with Crippen LogP contribution in [-0.4, -0.2) is 46.3 Å². The first-order chi connectivity index (χ1) is 18.8. The zero-order valence-electron chi connectivity index (χ0n) is 21.7. The number of aromatic amines is 1. The third kappa shape index (κ3) is 5.10. The highest BCUT2D eigenvalue weighted by atomic mass is 32.1. The fourth-order valence-electron chi connectivity index (χ4n) is 4.83. The molecule has 0 bridgehead atoms. The predicted octanol–water partition coefficient (Wildman–Crippen LogP) is 3.61. The number of aryl methyl sites for hydroxylation is 2. The average Bonchev–Trinajstić information content (AvgIpc) is 3.67. The molecule has 3 heterocycles. The number of anilines is 2. The summed E-state index contributed by atoms with van der Waals surface area (Å²) in [6.45, 7) is 4.89. The number of carbonyl (C=O) groups excluding carboxylic acids is 3. The molecule has 1 aliphatic heterocycles. The summed E-state index contributed by atoms with van der Waals surface area (Å²) in [6.07, 6.45) is 3.45. The number of amides is 3. The van der Waals surface area contributed by atoms with Gasteiger partial charge in [0.2, 0.25) is 5.91 Å². The number of rotatable bonds is 8. The van der Waals surface area contributed by atoms with Crippen LogP contribution in [0.3, 0.4) is 0 Å². The van der Waals surface area contributed by atoms with Crippen LogP contribution in [0.5, 0.6) is 0 Å². The van der Waals surface area contributed by atoms with Crippen molar-refractivity contribution >= 4 is 51.5 Å². The standard InChI is InChI=1S/C28H30N6O4S/c1-15-9-10-17(12-16(15)2)34(28(37)25-22(29)23(26(30)35)33-39-25)24(27(36)32-13-18-6-5-11-38-18)20-14-31-21-8-4-3-7-19(20)21/h3-4,7-10,12,14,18,24,31H,5-6,11,13,29H2,1-2H3,(H2,30,35)(H,32,36)/t18-,24+/m0/s1. The third-order valence-electron chi connectivity index (χ3n) is 7.09. The van der Waals surface area contributed by atoms with Crippen LogP contribution in [0.2, 0.25) is 0 Å². The Bertz CT molecular complexity index is 1550. The number of fused-ring (bicyclic) bond motifs is 1. The van der Waals surface area contributed by atoms with Gasteiger partial charge < -0.3 is 26.5 Å². The van der Waals surface area contributed by atoms with E-state index in [0.717, 1.165) is 46.4 Å². The highest BCUT2D eigenvalue weighted by molar-refractivity contribution is 7.09. The lowest BCUT2D eigenvalue weighted by atomic mass is 10.0. The van der Waals surface area contributed by atoms with E-state index in [1.165, 1.54) is 4.90 Å². The molecule has 0 radical (unpaired) electrons. The number of ether oxygens (including phenoxy) is 1. The number of nitrogen functional groups attached to an aromatic ring is 1. The molecule has 1 fully saturated rings. The molecule has 0 aliphatic carbocycles. The molecule has 39 heavy (non-hydrogen) atoms. The van der Waals surface area contributed by atoms with Crippen molar-refractivity contribution in [1.82, 2.24) is 14.7 Å². The summed E-state index contributed by atoms with van der Waals surface area (Å²) in [4.78, 5) is 44.8. The lowest BCUT2D eigenvalue weighted by molar-refractivity contribution is -0.123. The third-order valence-corrected chi connectivity index (χ3v) is 7.94. The largest absolute Gasteiger partial charge is 0.395 e. The quantitative estimate of drug-likeness (QED) is 0.264. The van der Waals surface area contributed by atoms with E-state index in [1.807, 2.05) is 50.2 Å². The average molecular weight is 547 g/mol. The van der Waals surface area contributed by atoms with Gasteiger partial charge in [0.15, 0.2) is 5.69 Å². The molecule has 4 aromatic rings. The van der Waals surface area contributed by atoms with Crippen molar-refractivity contribution in [3.63, 3.8) is 0 Å². The lowest BCUT2D eigenvalue weighted by Gasteiger charge is -2.31. The van der Waals surface area contributed by atoms with Gasteiger partial charge in [-0.05, 0) is 67.5 Å². The van der Waals surface area contributed by atoms with E-state index in [9.17, 15) is 14.4 Å². The molecule has 0 spiro atoms. The summed E-state index contributed by atoms with van der Waals surface area (Å²) in [5, 5.41) is 3.81. The summed E-state index contributed by atoms with van der Waals surface area (Å²) in [5.41, 5.74) is 15.2. The molecule has 11 heteroatoms. The Morgan fingerprint density at radius 2 is 2.00 bits per heavy atom. The molecule has 2 aromatic carbocycles.